The van der Waals surface area contributed by atoms with Gasteiger partial charge in [-0.05, 0) is 24.8 Å². The summed E-state index contributed by atoms with van der Waals surface area (Å²) in [6, 6.07) is 12.0. The number of rotatable bonds is 5. The summed E-state index contributed by atoms with van der Waals surface area (Å²) >= 11 is 1.85. The number of pyridine rings is 1. The van der Waals surface area contributed by atoms with Crippen LogP contribution in [0, 0.1) is 11.3 Å². The van der Waals surface area contributed by atoms with Gasteiger partial charge in [-0.2, -0.15) is 17.0 Å². The van der Waals surface area contributed by atoms with Crippen molar-refractivity contribution < 1.29 is 0 Å². The Kier molecular flexibility index (Phi) is 4.64. The summed E-state index contributed by atoms with van der Waals surface area (Å²) in [5.74, 6) is 0.689. The topological polar surface area (TPSA) is 48.7 Å². The first-order valence-corrected chi connectivity index (χ1v) is 7.60. The molecule has 0 fully saturated rings. The fraction of sp³-hybridized carbons (Fsp3) is 0.333. The molecule has 0 spiro atoms. The molecule has 0 saturated carbocycles. The van der Waals surface area contributed by atoms with Gasteiger partial charge in [0.25, 0.3) is 0 Å². The van der Waals surface area contributed by atoms with Crippen LogP contribution in [0.15, 0.2) is 30.3 Å². The van der Waals surface area contributed by atoms with Crippen LogP contribution in [0.4, 0.5) is 5.82 Å². The number of para-hydroxylation sites is 1. The van der Waals surface area contributed by atoms with Gasteiger partial charge < -0.3 is 5.32 Å². The standard InChI is InChI=1S/C15H17N3S/c1-11(19-2)7-8-17-15-13(10-16)9-12-5-3-4-6-14(12)18-15/h3-6,9,11H,7-8H2,1-2H3,(H,17,18). The Morgan fingerprint density at radius 1 is 1.42 bits per heavy atom. The zero-order valence-corrected chi connectivity index (χ0v) is 12.0. The van der Waals surface area contributed by atoms with Crippen LogP contribution >= 0.6 is 11.8 Å². The van der Waals surface area contributed by atoms with Gasteiger partial charge in [0.2, 0.25) is 0 Å². The number of nitriles is 1. The third-order valence-corrected chi connectivity index (χ3v) is 4.13. The molecule has 0 aliphatic rings. The van der Waals surface area contributed by atoms with Crippen LogP contribution in [0.5, 0.6) is 0 Å². The zero-order valence-electron chi connectivity index (χ0n) is 11.2. The van der Waals surface area contributed by atoms with Crippen molar-refractivity contribution in [1.82, 2.24) is 4.98 Å². The lowest BCUT2D eigenvalue weighted by Gasteiger charge is -2.11. The summed E-state index contributed by atoms with van der Waals surface area (Å²) in [4.78, 5) is 4.53. The number of fused-ring (bicyclic) bond motifs is 1. The Balaban J connectivity index is 2.19. The molecule has 0 aliphatic heterocycles. The molecule has 0 aliphatic carbocycles. The second kappa shape index (κ2) is 6.44. The van der Waals surface area contributed by atoms with E-state index in [0.29, 0.717) is 16.6 Å². The van der Waals surface area contributed by atoms with Crippen molar-refractivity contribution in [3.63, 3.8) is 0 Å². The van der Waals surface area contributed by atoms with Crippen LogP contribution in [0.3, 0.4) is 0 Å². The van der Waals surface area contributed by atoms with E-state index in [1.54, 1.807) is 0 Å². The lowest BCUT2D eigenvalue weighted by Crippen LogP contribution is -2.10. The van der Waals surface area contributed by atoms with E-state index < -0.39 is 0 Å². The molecular formula is C15H17N3S. The maximum absolute atomic E-state index is 9.20. The van der Waals surface area contributed by atoms with E-state index in [-0.39, 0.29) is 0 Å². The van der Waals surface area contributed by atoms with Gasteiger partial charge in [0.1, 0.15) is 11.9 Å². The number of benzene rings is 1. The highest BCUT2D eigenvalue weighted by Crippen LogP contribution is 2.20. The lowest BCUT2D eigenvalue weighted by molar-refractivity contribution is 0.850. The van der Waals surface area contributed by atoms with Gasteiger partial charge in [-0.25, -0.2) is 4.98 Å². The predicted octanol–water partition coefficient (Wildman–Crippen LogP) is 3.66. The molecule has 1 aromatic heterocycles. The summed E-state index contributed by atoms with van der Waals surface area (Å²) in [5, 5.41) is 14.1. The smallest absolute Gasteiger partial charge is 0.144 e. The molecule has 19 heavy (non-hydrogen) atoms. The lowest BCUT2D eigenvalue weighted by atomic mass is 10.1. The van der Waals surface area contributed by atoms with Crippen LogP contribution in [0.25, 0.3) is 10.9 Å². The number of thioether (sulfide) groups is 1. The van der Waals surface area contributed by atoms with Crippen molar-refractivity contribution in [3.05, 3.63) is 35.9 Å². The molecule has 0 amide bonds. The molecule has 0 bridgehead atoms. The van der Waals surface area contributed by atoms with Crippen molar-refractivity contribution in [2.24, 2.45) is 0 Å². The van der Waals surface area contributed by atoms with Gasteiger partial charge >= 0.3 is 0 Å². The van der Waals surface area contributed by atoms with Gasteiger partial charge in [0.15, 0.2) is 0 Å². The third kappa shape index (κ3) is 3.39. The Morgan fingerprint density at radius 2 is 2.21 bits per heavy atom. The average molecular weight is 271 g/mol. The predicted molar refractivity (Wildman–Crippen MR) is 82.5 cm³/mol. The Labute approximate surface area is 118 Å². The van der Waals surface area contributed by atoms with E-state index >= 15 is 0 Å². The Bertz CT molecular complexity index is 604. The van der Waals surface area contributed by atoms with Crippen molar-refractivity contribution in [3.8, 4) is 6.07 Å². The quantitative estimate of drug-likeness (QED) is 0.901. The molecule has 0 saturated heterocycles. The number of nitrogens with zero attached hydrogens (tertiary/aromatic N) is 2. The zero-order chi connectivity index (χ0) is 13.7. The van der Waals surface area contributed by atoms with Crippen molar-refractivity contribution in [2.75, 3.05) is 18.1 Å². The summed E-state index contributed by atoms with van der Waals surface area (Å²) in [5.41, 5.74) is 1.53. The summed E-state index contributed by atoms with van der Waals surface area (Å²) in [6.45, 7) is 3.04. The van der Waals surface area contributed by atoms with Crippen LogP contribution in [-0.4, -0.2) is 23.0 Å². The first-order chi connectivity index (χ1) is 9.24. The van der Waals surface area contributed by atoms with Gasteiger partial charge in [-0.15, -0.1) is 0 Å². The number of aromatic nitrogens is 1. The maximum atomic E-state index is 9.20. The van der Waals surface area contributed by atoms with Crippen molar-refractivity contribution in [1.29, 1.82) is 5.26 Å². The minimum Gasteiger partial charge on any atom is -0.369 e. The van der Waals surface area contributed by atoms with E-state index in [0.717, 1.165) is 23.9 Å². The largest absolute Gasteiger partial charge is 0.369 e. The molecular weight excluding hydrogens is 254 g/mol. The molecule has 0 radical (unpaired) electrons. The van der Waals surface area contributed by atoms with Crippen LogP contribution in [-0.2, 0) is 0 Å². The molecule has 2 rings (SSSR count). The highest BCUT2D eigenvalue weighted by atomic mass is 32.2. The van der Waals surface area contributed by atoms with Gasteiger partial charge in [0, 0.05) is 17.2 Å². The molecule has 1 heterocycles. The van der Waals surface area contributed by atoms with Gasteiger partial charge in [-0.1, -0.05) is 25.1 Å². The summed E-state index contributed by atoms with van der Waals surface area (Å²) in [7, 11) is 0. The van der Waals surface area contributed by atoms with E-state index in [9.17, 15) is 5.26 Å². The number of anilines is 1. The molecule has 98 valence electrons. The molecule has 1 aromatic carbocycles. The fourth-order valence-electron chi connectivity index (χ4n) is 1.85. The molecule has 2 aromatic rings. The monoisotopic (exact) mass is 271 g/mol. The first-order valence-electron chi connectivity index (χ1n) is 6.31. The Morgan fingerprint density at radius 3 is 2.95 bits per heavy atom. The summed E-state index contributed by atoms with van der Waals surface area (Å²) in [6.07, 6.45) is 3.17. The molecule has 3 nitrogen and oxygen atoms in total. The van der Waals surface area contributed by atoms with Gasteiger partial charge in [-0.3, -0.25) is 0 Å². The normalized spacial score (nSPS) is 12.1. The molecule has 1 atom stereocenters. The minimum absolute atomic E-state index is 0.607. The fourth-order valence-corrected chi connectivity index (χ4v) is 2.20. The average Bonchev–Trinajstić information content (AvgIpc) is 2.46. The molecule has 1 unspecified atom stereocenters. The highest BCUT2D eigenvalue weighted by molar-refractivity contribution is 7.99. The SMILES string of the molecule is CSC(C)CCNc1nc2ccccc2cc1C#N. The van der Waals surface area contributed by atoms with Crippen molar-refractivity contribution >= 4 is 28.5 Å². The van der Waals surface area contributed by atoms with Gasteiger partial charge in [0.05, 0.1) is 11.1 Å². The van der Waals surface area contributed by atoms with Crippen LogP contribution in [0.2, 0.25) is 0 Å². The van der Waals surface area contributed by atoms with Crippen LogP contribution < -0.4 is 5.32 Å². The van der Waals surface area contributed by atoms with E-state index in [4.69, 9.17) is 0 Å². The number of hydrogen-bond donors (Lipinski definition) is 1. The second-order valence-corrected chi connectivity index (χ2v) is 5.73. The third-order valence-electron chi connectivity index (χ3n) is 3.09. The van der Waals surface area contributed by atoms with E-state index in [1.165, 1.54) is 0 Å². The van der Waals surface area contributed by atoms with Crippen molar-refractivity contribution in [2.45, 2.75) is 18.6 Å². The van der Waals surface area contributed by atoms with Crippen LogP contribution in [0.1, 0.15) is 18.9 Å². The molecule has 4 heteroatoms. The number of nitrogens with one attached hydrogen (secondary N) is 1. The van der Waals surface area contributed by atoms with E-state index in [1.807, 2.05) is 42.1 Å². The summed E-state index contributed by atoms with van der Waals surface area (Å²) < 4.78 is 0. The number of hydrogen-bond acceptors (Lipinski definition) is 4. The second-order valence-electron chi connectivity index (χ2n) is 4.45. The molecule has 1 N–H and O–H groups in total. The minimum atomic E-state index is 0.607. The first kappa shape index (κ1) is 13.7. The Hall–Kier alpha value is -1.73. The van der Waals surface area contributed by atoms with E-state index in [2.05, 4.69) is 29.5 Å². The highest BCUT2D eigenvalue weighted by Gasteiger charge is 2.06. The maximum Gasteiger partial charge on any atom is 0.144 e.